The van der Waals surface area contributed by atoms with E-state index in [9.17, 15) is 0 Å². The van der Waals surface area contributed by atoms with Crippen LogP contribution < -0.4 is 0 Å². The molecule has 0 amide bonds. The summed E-state index contributed by atoms with van der Waals surface area (Å²) in [6, 6.07) is 0. The van der Waals surface area contributed by atoms with Crippen molar-refractivity contribution >= 4 is 0 Å². The van der Waals surface area contributed by atoms with Crippen molar-refractivity contribution < 1.29 is 36.1 Å². The van der Waals surface area contributed by atoms with Crippen LogP contribution in [0.1, 0.15) is 41.0 Å². The smallest absolute Gasteiger partial charge is 0.0402 e. The molecule has 3 heteroatoms. The van der Waals surface area contributed by atoms with Gasteiger partial charge < -0.3 is 16.1 Å². The molecule has 16 heavy (non-hydrogen) atoms. The molecule has 96 valence electrons. The number of hydrogen-bond acceptors (Lipinski definition) is 2. The van der Waals surface area contributed by atoms with Gasteiger partial charge in [0.15, 0.2) is 0 Å². The van der Waals surface area contributed by atoms with Gasteiger partial charge in [0, 0.05) is 39.1 Å². The molecule has 0 spiro atoms. The zero-order chi connectivity index (χ0) is 12.5. The minimum atomic E-state index is 0. The molecule has 2 nitrogen and oxygen atoms in total. The van der Waals surface area contributed by atoms with Crippen molar-refractivity contribution in [1.29, 1.82) is 0 Å². The molecule has 0 atom stereocenters. The fourth-order valence-electron chi connectivity index (χ4n) is 0.340. The maximum Gasteiger partial charge on any atom is 0.0402 e. The van der Waals surface area contributed by atoms with Gasteiger partial charge >= 0.3 is 0 Å². The molecule has 0 fully saturated rings. The Kier molecular flexibility index (Phi) is 46.4. The second-order valence-corrected chi connectivity index (χ2v) is 3.14. The Balaban J connectivity index is -0.0000000607. The SMILES string of the molecule is CCO.CCO.C[C-](C)C.[C-]1=CC=CC1.[Hf]. The van der Waals surface area contributed by atoms with Crippen molar-refractivity contribution in [1.82, 2.24) is 0 Å². The molecule has 1 rings (SSSR count). The van der Waals surface area contributed by atoms with Crippen molar-refractivity contribution in [3.8, 4) is 0 Å². The zero-order valence-electron chi connectivity index (χ0n) is 11.2. The van der Waals surface area contributed by atoms with Crippen LogP contribution in [0.25, 0.3) is 0 Å². The van der Waals surface area contributed by atoms with Crippen molar-refractivity contribution in [3.05, 3.63) is 30.2 Å². The van der Waals surface area contributed by atoms with E-state index in [1.807, 2.05) is 12.2 Å². The normalized spacial score (nSPS) is 10.0. The van der Waals surface area contributed by atoms with Crippen LogP contribution in [-0.4, -0.2) is 23.4 Å². The van der Waals surface area contributed by atoms with E-state index in [2.05, 4.69) is 32.9 Å². The standard InChI is InChI=1S/C5H5.C4H9.2C2H6O.Hf/c1-2-4-5-3-1;1-4(2)3;2*1-2-3;/h1-3H,4H2;1-3H3;2*3H,2H2,1H3;/q2*-1;;;. The van der Waals surface area contributed by atoms with Crippen molar-refractivity contribution in [3.63, 3.8) is 0 Å². The molecule has 0 saturated carbocycles. The molecule has 0 unspecified atom stereocenters. The summed E-state index contributed by atoms with van der Waals surface area (Å²) in [4.78, 5) is 0. The molecule has 2 N–H and O–H groups in total. The molecule has 0 aromatic rings. The Bertz CT molecular complexity index is 117. The maximum atomic E-state index is 7.57. The minimum absolute atomic E-state index is 0. The summed E-state index contributed by atoms with van der Waals surface area (Å²) in [5, 5.41) is 15.1. The molecule has 0 saturated heterocycles. The van der Waals surface area contributed by atoms with E-state index < -0.39 is 0 Å². The first-order valence-corrected chi connectivity index (χ1v) is 5.26. The Morgan fingerprint density at radius 1 is 1.12 bits per heavy atom. The van der Waals surface area contributed by atoms with Crippen molar-refractivity contribution in [2.45, 2.75) is 41.0 Å². The summed E-state index contributed by atoms with van der Waals surface area (Å²) >= 11 is 0. The molecule has 0 bridgehead atoms. The summed E-state index contributed by atoms with van der Waals surface area (Å²) in [7, 11) is 0. The number of aliphatic hydroxyl groups is 2. The minimum Gasteiger partial charge on any atom is -0.397 e. The number of allylic oxidation sites excluding steroid dienone is 4. The van der Waals surface area contributed by atoms with Gasteiger partial charge in [0.05, 0.1) is 0 Å². The average molecular weight is 393 g/mol. The predicted octanol–water partition coefficient (Wildman–Crippen LogP) is 2.92. The third kappa shape index (κ3) is 90.5. The fraction of sp³-hybridized carbons (Fsp3) is 0.615. The second-order valence-electron chi connectivity index (χ2n) is 3.14. The van der Waals surface area contributed by atoms with Gasteiger partial charge in [-0.3, -0.25) is 6.08 Å². The quantitative estimate of drug-likeness (QED) is 0.491. The summed E-state index contributed by atoms with van der Waals surface area (Å²) in [5.74, 6) is 1.42. The first-order valence-electron chi connectivity index (χ1n) is 5.26. The maximum absolute atomic E-state index is 7.57. The van der Waals surface area contributed by atoms with Crippen molar-refractivity contribution in [2.75, 3.05) is 13.2 Å². The third-order valence-corrected chi connectivity index (χ3v) is 0.586. The van der Waals surface area contributed by atoms with E-state index in [0.717, 1.165) is 6.42 Å². The van der Waals surface area contributed by atoms with Crippen LogP contribution in [-0.2, 0) is 25.8 Å². The monoisotopic (exact) mass is 394 g/mol. The zero-order valence-corrected chi connectivity index (χ0v) is 14.8. The van der Waals surface area contributed by atoms with Crippen LogP contribution in [0.3, 0.4) is 0 Å². The third-order valence-electron chi connectivity index (χ3n) is 0.586. The first-order chi connectivity index (χ1) is 7.06. The molecular formula is C13H26HfO2-2. The van der Waals surface area contributed by atoms with Gasteiger partial charge in [-0.15, -0.1) is 6.42 Å². The van der Waals surface area contributed by atoms with Gasteiger partial charge in [0.2, 0.25) is 0 Å². The Hall–Kier alpha value is 0.270. The van der Waals surface area contributed by atoms with Crippen LogP contribution in [0, 0.1) is 12.0 Å². The van der Waals surface area contributed by atoms with Crippen LogP contribution in [0.5, 0.6) is 0 Å². The second kappa shape index (κ2) is 29.5. The van der Waals surface area contributed by atoms with Crippen LogP contribution >= 0.6 is 0 Å². The van der Waals surface area contributed by atoms with E-state index in [4.69, 9.17) is 10.2 Å². The summed E-state index contributed by atoms with van der Waals surface area (Å²) < 4.78 is 0. The average Bonchev–Trinajstić information content (AvgIpc) is 2.60. The Labute approximate surface area is 120 Å². The topological polar surface area (TPSA) is 40.5 Å². The number of rotatable bonds is 0. The number of aliphatic hydroxyl groups excluding tert-OH is 2. The van der Waals surface area contributed by atoms with E-state index in [0.29, 0.717) is 0 Å². The Morgan fingerprint density at radius 3 is 1.50 bits per heavy atom. The summed E-state index contributed by atoms with van der Waals surface area (Å²) in [6.07, 6.45) is 10.0. The predicted molar refractivity (Wildman–Crippen MR) is 67.4 cm³/mol. The molecule has 0 aromatic carbocycles. The Morgan fingerprint density at radius 2 is 1.44 bits per heavy atom. The van der Waals surface area contributed by atoms with Crippen LogP contribution in [0.4, 0.5) is 0 Å². The van der Waals surface area contributed by atoms with Crippen LogP contribution in [0.2, 0.25) is 0 Å². The van der Waals surface area contributed by atoms with E-state index in [1.165, 1.54) is 5.92 Å². The number of hydrogen-bond donors (Lipinski definition) is 2. The molecule has 0 heterocycles. The summed E-state index contributed by atoms with van der Waals surface area (Å²) in [6.45, 7) is 10.1. The molecule has 0 aliphatic heterocycles. The molecule has 0 aromatic heterocycles. The fourth-order valence-corrected chi connectivity index (χ4v) is 0.340. The largest absolute Gasteiger partial charge is 0.397 e. The van der Waals surface area contributed by atoms with Crippen molar-refractivity contribution in [2.24, 2.45) is 0 Å². The summed E-state index contributed by atoms with van der Waals surface area (Å²) in [5.41, 5.74) is 0. The molecule has 0 radical (unpaired) electrons. The van der Waals surface area contributed by atoms with Crippen LogP contribution in [0.15, 0.2) is 18.2 Å². The van der Waals surface area contributed by atoms with E-state index in [1.54, 1.807) is 13.8 Å². The molecule has 1 aliphatic carbocycles. The van der Waals surface area contributed by atoms with E-state index in [-0.39, 0.29) is 39.1 Å². The van der Waals surface area contributed by atoms with Gasteiger partial charge in [-0.2, -0.15) is 26.8 Å². The molecular weight excluding hydrogens is 367 g/mol. The van der Waals surface area contributed by atoms with Gasteiger partial charge in [-0.1, -0.05) is 0 Å². The first kappa shape index (κ1) is 25.2. The van der Waals surface area contributed by atoms with Gasteiger partial charge in [-0.25, -0.2) is 12.2 Å². The van der Waals surface area contributed by atoms with Gasteiger partial charge in [0.1, 0.15) is 0 Å². The van der Waals surface area contributed by atoms with E-state index >= 15 is 0 Å². The van der Waals surface area contributed by atoms with Gasteiger partial charge in [0.25, 0.3) is 0 Å². The molecule has 1 aliphatic rings. The van der Waals surface area contributed by atoms with Gasteiger partial charge in [-0.05, 0) is 13.8 Å².